The third-order valence-electron chi connectivity index (χ3n) is 3.50. The van der Waals surface area contributed by atoms with E-state index in [9.17, 15) is 4.79 Å². The van der Waals surface area contributed by atoms with Crippen molar-refractivity contribution in [3.63, 3.8) is 0 Å². The quantitative estimate of drug-likeness (QED) is 0.648. The maximum absolute atomic E-state index is 11.9. The van der Waals surface area contributed by atoms with Crippen molar-refractivity contribution in [1.29, 1.82) is 0 Å². The molecule has 1 atom stereocenters. The van der Waals surface area contributed by atoms with E-state index in [2.05, 4.69) is 0 Å². The number of halogens is 1. The summed E-state index contributed by atoms with van der Waals surface area (Å²) in [5, 5.41) is 0. The average molecular weight is 216 g/mol. The van der Waals surface area contributed by atoms with Crippen LogP contribution < -0.4 is 0 Å². The number of rotatable bonds is 2. The summed E-state index contributed by atoms with van der Waals surface area (Å²) >= 11 is 5.84. The van der Waals surface area contributed by atoms with Crippen LogP contribution in [-0.4, -0.2) is 29.8 Å². The topological polar surface area (TPSA) is 20.3 Å². The highest BCUT2D eigenvalue weighted by atomic mass is 35.5. The van der Waals surface area contributed by atoms with Crippen molar-refractivity contribution < 1.29 is 4.79 Å². The lowest BCUT2D eigenvalue weighted by molar-refractivity contribution is -0.139. The maximum atomic E-state index is 11.9. The summed E-state index contributed by atoms with van der Waals surface area (Å²) in [6, 6.07) is 0. The third kappa shape index (κ3) is 2.05. The van der Waals surface area contributed by atoms with E-state index in [0.717, 1.165) is 32.4 Å². The molecule has 2 rings (SSSR count). The van der Waals surface area contributed by atoms with Crippen molar-refractivity contribution in [2.75, 3.05) is 19.0 Å². The van der Waals surface area contributed by atoms with E-state index in [1.807, 2.05) is 4.90 Å². The number of hydrogen-bond donors (Lipinski definition) is 0. The van der Waals surface area contributed by atoms with Crippen LogP contribution in [0.25, 0.3) is 0 Å². The Morgan fingerprint density at radius 1 is 1.29 bits per heavy atom. The minimum Gasteiger partial charge on any atom is -0.342 e. The summed E-state index contributed by atoms with van der Waals surface area (Å²) in [7, 11) is 0. The van der Waals surface area contributed by atoms with Gasteiger partial charge in [-0.1, -0.05) is 6.42 Å². The highest BCUT2D eigenvalue weighted by molar-refractivity contribution is 6.18. The molecular weight excluding hydrogens is 198 g/mol. The summed E-state index contributed by atoms with van der Waals surface area (Å²) in [6.07, 6.45) is 5.79. The number of nitrogens with zero attached hydrogens (tertiary/aromatic N) is 1. The molecule has 1 saturated heterocycles. The lowest BCUT2D eigenvalue weighted by Gasteiger charge is -2.36. The Morgan fingerprint density at radius 3 is 2.64 bits per heavy atom. The van der Waals surface area contributed by atoms with Gasteiger partial charge in [0.25, 0.3) is 0 Å². The Morgan fingerprint density at radius 2 is 2.07 bits per heavy atom. The van der Waals surface area contributed by atoms with Crippen LogP contribution >= 0.6 is 11.6 Å². The Balaban J connectivity index is 1.86. The molecular formula is C11H18ClNO. The van der Waals surface area contributed by atoms with Crippen LogP contribution in [-0.2, 0) is 4.79 Å². The van der Waals surface area contributed by atoms with Crippen LogP contribution in [0.2, 0.25) is 0 Å². The van der Waals surface area contributed by atoms with Gasteiger partial charge >= 0.3 is 0 Å². The lowest BCUT2D eigenvalue weighted by Crippen LogP contribution is -2.44. The molecule has 0 radical (unpaired) electrons. The van der Waals surface area contributed by atoms with Gasteiger partial charge in [0, 0.05) is 24.9 Å². The van der Waals surface area contributed by atoms with Crippen LogP contribution in [0.3, 0.4) is 0 Å². The standard InChI is InChI=1S/C11H18ClNO/c12-7-9-3-2-6-13(8-9)11(14)10-4-1-5-10/h9-10H,1-8H2. The highest BCUT2D eigenvalue weighted by Crippen LogP contribution is 2.30. The zero-order valence-corrected chi connectivity index (χ0v) is 9.30. The molecule has 80 valence electrons. The minimum absolute atomic E-state index is 0.351. The number of hydrogen-bond acceptors (Lipinski definition) is 1. The second-order valence-electron chi connectivity index (χ2n) is 4.57. The fourth-order valence-electron chi connectivity index (χ4n) is 2.30. The molecule has 0 bridgehead atoms. The molecule has 14 heavy (non-hydrogen) atoms. The maximum Gasteiger partial charge on any atom is 0.225 e. The molecule has 1 heterocycles. The highest BCUT2D eigenvalue weighted by Gasteiger charge is 2.31. The summed E-state index contributed by atoms with van der Waals surface area (Å²) < 4.78 is 0. The van der Waals surface area contributed by atoms with Gasteiger partial charge in [0.15, 0.2) is 0 Å². The molecule has 0 aromatic rings. The molecule has 2 nitrogen and oxygen atoms in total. The van der Waals surface area contributed by atoms with Gasteiger partial charge in [-0.25, -0.2) is 0 Å². The largest absolute Gasteiger partial charge is 0.342 e. The van der Waals surface area contributed by atoms with Gasteiger partial charge in [0.2, 0.25) is 5.91 Å². The number of likely N-dealkylation sites (tertiary alicyclic amines) is 1. The Labute approximate surface area is 90.6 Å². The van der Waals surface area contributed by atoms with Gasteiger partial charge in [-0.15, -0.1) is 11.6 Å². The summed E-state index contributed by atoms with van der Waals surface area (Å²) in [5.41, 5.74) is 0. The molecule has 0 aromatic heterocycles. The predicted octanol–water partition coefficient (Wildman–Crippen LogP) is 2.26. The summed E-state index contributed by atoms with van der Waals surface area (Å²) in [4.78, 5) is 14.0. The van der Waals surface area contributed by atoms with Crippen molar-refractivity contribution in [1.82, 2.24) is 4.90 Å². The molecule has 1 amide bonds. The van der Waals surface area contributed by atoms with Gasteiger partial charge in [-0.2, -0.15) is 0 Å². The Bertz CT molecular complexity index is 215. The van der Waals surface area contributed by atoms with E-state index < -0.39 is 0 Å². The second kappa shape index (κ2) is 4.52. The number of piperidine rings is 1. The summed E-state index contributed by atoms with van der Waals surface area (Å²) in [6.45, 7) is 1.86. The van der Waals surface area contributed by atoms with E-state index in [0.29, 0.717) is 23.6 Å². The van der Waals surface area contributed by atoms with Crippen LogP contribution in [0.1, 0.15) is 32.1 Å². The van der Waals surface area contributed by atoms with Gasteiger partial charge in [-0.05, 0) is 31.6 Å². The number of alkyl halides is 1. The number of amides is 1. The first kappa shape index (κ1) is 10.3. The van der Waals surface area contributed by atoms with Crippen molar-refractivity contribution in [2.45, 2.75) is 32.1 Å². The van der Waals surface area contributed by atoms with Gasteiger partial charge < -0.3 is 4.90 Å². The first-order valence-electron chi connectivity index (χ1n) is 5.66. The zero-order valence-electron chi connectivity index (χ0n) is 8.54. The smallest absolute Gasteiger partial charge is 0.225 e. The van der Waals surface area contributed by atoms with Crippen molar-refractivity contribution in [2.24, 2.45) is 11.8 Å². The number of carbonyl (C=O) groups excluding carboxylic acids is 1. The van der Waals surface area contributed by atoms with Crippen LogP contribution in [0, 0.1) is 11.8 Å². The fraction of sp³-hybridized carbons (Fsp3) is 0.909. The Kier molecular flexibility index (Phi) is 3.32. The van der Waals surface area contributed by atoms with E-state index in [1.165, 1.54) is 12.8 Å². The van der Waals surface area contributed by atoms with E-state index in [4.69, 9.17) is 11.6 Å². The second-order valence-corrected chi connectivity index (χ2v) is 4.88. The molecule has 0 N–H and O–H groups in total. The van der Waals surface area contributed by atoms with Crippen LogP contribution in [0.15, 0.2) is 0 Å². The van der Waals surface area contributed by atoms with Crippen molar-refractivity contribution >= 4 is 17.5 Å². The minimum atomic E-state index is 0.351. The average Bonchev–Trinajstić information content (AvgIpc) is 2.15. The van der Waals surface area contributed by atoms with Gasteiger partial charge in [0.05, 0.1) is 0 Å². The van der Waals surface area contributed by atoms with Crippen LogP contribution in [0.5, 0.6) is 0 Å². The lowest BCUT2D eigenvalue weighted by atomic mass is 9.83. The molecule has 0 spiro atoms. The van der Waals surface area contributed by atoms with Crippen LogP contribution in [0.4, 0.5) is 0 Å². The molecule has 1 unspecified atom stereocenters. The van der Waals surface area contributed by atoms with Gasteiger partial charge in [-0.3, -0.25) is 4.79 Å². The van der Waals surface area contributed by atoms with E-state index in [-0.39, 0.29) is 0 Å². The SMILES string of the molecule is O=C(C1CCC1)N1CCCC(CCl)C1. The van der Waals surface area contributed by atoms with Crippen molar-refractivity contribution in [3.05, 3.63) is 0 Å². The molecule has 1 aliphatic carbocycles. The van der Waals surface area contributed by atoms with Crippen molar-refractivity contribution in [3.8, 4) is 0 Å². The molecule has 2 aliphatic rings. The molecule has 3 heteroatoms. The summed E-state index contributed by atoms with van der Waals surface area (Å²) in [5.74, 6) is 1.98. The number of carbonyl (C=O) groups is 1. The fourth-order valence-corrected chi connectivity index (χ4v) is 2.56. The zero-order chi connectivity index (χ0) is 9.97. The normalized spacial score (nSPS) is 28.6. The van der Waals surface area contributed by atoms with E-state index >= 15 is 0 Å². The Hall–Kier alpha value is -0.240. The first-order chi connectivity index (χ1) is 6.81. The van der Waals surface area contributed by atoms with Gasteiger partial charge in [0.1, 0.15) is 0 Å². The third-order valence-corrected chi connectivity index (χ3v) is 3.94. The first-order valence-corrected chi connectivity index (χ1v) is 6.19. The predicted molar refractivity (Wildman–Crippen MR) is 57.4 cm³/mol. The monoisotopic (exact) mass is 215 g/mol. The molecule has 1 aliphatic heterocycles. The molecule has 0 aromatic carbocycles. The molecule has 2 fully saturated rings. The molecule has 1 saturated carbocycles. The van der Waals surface area contributed by atoms with E-state index in [1.54, 1.807) is 0 Å².